The zero-order valence-electron chi connectivity index (χ0n) is 16.7. The molecular weight excluding hydrogens is 438 g/mol. The highest BCUT2D eigenvalue weighted by Gasteiger charge is 2.33. The van der Waals surface area contributed by atoms with Crippen molar-refractivity contribution in [1.29, 1.82) is 0 Å². The van der Waals surface area contributed by atoms with E-state index in [2.05, 4.69) is 19.4 Å². The van der Waals surface area contributed by atoms with Crippen LogP contribution < -0.4 is 10.6 Å². The first kappa shape index (κ1) is 21.3. The number of benzene rings is 2. The summed E-state index contributed by atoms with van der Waals surface area (Å²) in [4.78, 5) is 24.4. The molecule has 0 aliphatic carbocycles. The average molecular weight is 460 g/mol. The molecular formula is C20H21N5O4S2. The van der Waals surface area contributed by atoms with E-state index in [0.29, 0.717) is 35.1 Å². The van der Waals surface area contributed by atoms with Gasteiger partial charge in [-0.05, 0) is 49.2 Å². The summed E-state index contributed by atoms with van der Waals surface area (Å²) in [6.45, 7) is 0.508. The molecule has 3 aromatic rings. The van der Waals surface area contributed by atoms with Gasteiger partial charge >= 0.3 is 0 Å². The van der Waals surface area contributed by atoms with Crippen LogP contribution in [0.4, 0.5) is 5.69 Å². The molecule has 2 amide bonds. The van der Waals surface area contributed by atoms with Gasteiger partial charge in [0.05, 0.1) is 11.7 Å². The molecule has 0 spiro atoms. The summed E-state index contributed by atoms with van der Waals surface area (Å²) >= 11 is 0.981. The van der Waals surface area contributed by atoms with Gasteiger partial charge in [-0.1, -0.05) is 6.07 Å². The van der Waals surface area contributed by atoms with Crippen molar-refractivity contribution in [3.63, 3.8) is 0 Å². The van der Waals surface area contributed by atoms with E-state index in [4.69, 9.17) is 0 Å². The highest BCUT2D eigenvalue weighted by molar-refractivity contribution is 7.89. The molecule has 2 heterocycles. The Bertz CT molecular complexity index is 1220. The van der Waals surface area contributed by atoms with Gasteiger partial charge in [0.1, 0.15) is 15.9 Å². The van der Waals surface area contributed by atoms with Gasteiger partial charge in [0.25, 0.3) is 5.91 Å². The molecule has 1 aliphatic heterocycles. The second-order valence-electron chi connectivity index (χ2n) is 7.21. The molecule has 9 nitrogen and oxygen atoms in total. The number of aromatic nitrogens is 2. The zero-order chi connectivity index (χ0) is 22.0. The highest BCUT2D eigenvalue weighted by Crippen LogP contribution is 2.28. The lowest BCUT2D eigenvalue weighted by Gasteiger charge is -2.30. The number of nitrogens with one attached hydrogen (secondary N) is 2. The molecule has 2 aromatic carbocycles. The van der Waals surface area contributed by atoms with Crippen LogP contribution in [-0.2, 0) is 14.8 Å². The number of sulfonamides is 1. The number of nitrogens with zero attached hydrogens (tertiary/aromatic N) is 3. The largest absolute Gasteiger partial charge is 0.355 e. The van der Waals surface area contributed by atoms with Gasteiger partial charge in [-0.3, -0.25) is 9.59 Å². The maximum absolute atomic E-state index is 13.1. The second kappa shape index (κ2) is 8.69. The van der Waals surface area contributed by atoms with Crippen molar-refractivity contribution < 1.29 is 18.0 Å². The Morgan fingerprint density at radius 3 is 2.45 bits per heavy atom. The molecule has 1 saturated heterocycles. The number of anilines is 1. The summed E-state index contributed by atoms with van der Waals surface area (Å²) in [5.41, 5.74) is 2.04. The molecule has 1 aliphatic rings. The third-order valence-electron chi connectivity index (χ3n) is 5.33. The monoisotopic (exact) mass is 459 g/mol. The Labute approximate surface area is 183 Å². The van der Waals surface area contributed by atoms with Gasteiger partial charge in [0.15, 0.2) is 0 Å². The number of carbonyl (C=O) groups is 2. The van der Waals surface area contributed by atoms with E-state index in [1.165, 1.54) is 4.31 Å². The summed E-state index contributed by atoms with van der Waals surface area (Å²) in [6.07, 6.45) is 0.847. The van der Waals surface area contributed by atoms with Crippen molar-refractivity contribution >= 4 is 50.3 Å². The quantitative estimate of drug-likeness (QED) is 0.603. The van der Waals surface area contributed by atoms with E-state index in [-0.39, 0.29) is 35.7 Å². The number of rotatable bonds is 5. The van der Waals surface area contributed by atoms with Crippen molar-refractivity contribution in [2.75, 3.05) is 25.5 Å². The van der Waals surface area contributed by atoms with E-state index < -0.39 is 10.0 Å². The smallest absolute Gasteiger partial charge is 0.251 e. The lowest BCUT2D eigenvalue weighted by Crippen LogP contribution is -2.41. The molecule has 0 unspecified atom stereocenters. The van der Waals surface area contributed by atoms with E-state index in [9.17, 15) is 18.0 Å². The van der Waals surface area contributed by atoms with Crippen molar-refractivity contribution in [1.82, 2.24) is 18.4 Å². The van der Waals surface area contributed by atoms with Gasteiger partial charge in [-0.2, -0.15) is 13.1 Å². The van der Waals surface area contributed by atoms with Crippen LogP contribution >= 0.6 is 11.7 Å². The van der Waals surface area contributed by atoms with E-state index in [1.807, 2.05) is 0 Å². The van der Waals surface area contributed by atoms with E-state index >= 15 is 0 Å². The summed E-state index contributed by atoms with van der Waals surface area (Å²) in [5, 5.41) is 5.39. The second-order valence-corrected chi connectivity index (χ2v) is 9.65. The SMILES string of the molecule is CNC(=O)c1ccc(NC(=O)C2CCN(S(=O)(=O)c3cccc4nsnc34)CC2)cc1. The van der Waals surface area contributed by atoms with Crippen molar-refractivity contribution in [3.8, 4) is 0 Å². The van der Waals surface area contributed by atoms with Crippen molar-refractivity contribution in [3.05, 3.63) is 48.0 Å². The molecule has 0 bridgehead atoms. The normalized spacial score (nSPS) is 15.6. The maximum atomic E-state index is 13.1. The molecule has 4 rings (SSSR count). The molecule has 1 fully saturated rings. The van der Waals surface area contributed by atoms with Crippen LogP contribution in [0.3, 0.4) is 0 Å². The zero-order valence-corrected chi connectivity index (χ0v) is 18.4. The number of carbonyl (C=O) groups excluding carboxylic acids is 2. The molecule has 162 valence electrons. The van der Waals surface area contributed by atoms with Crippen molar-refractivity contribution in [2.45, 2.75) is 17.7 Å². The Hall–Kier alpha value is -2.89. The number of amides is 2. The van der Waals surface area contributed by atoms with Crippen LogP contribution in [0, 0.1) is 5.92 Å². The lowest BCUT2D eigenvalue weighted by atomic mass is 9.97. The lowest BCUT2D eigenvalue weighted by molar-refractivity contribution is -0.120. The fourth-order valence-electron chi connectivity index (χ4n) is 3.58. The summed E-state index contributed by atoms with van der Waals surface area (Å²) < 4.78 is 35.9. The highest BCUT2D eigenvalue weighted by atomic mass is 32.2. The summed E-state index contributed by atoms with van der Waals surface area (Å²) in [7, 11) is -2.16. The number of hydrogen-bond donors (Lipinski definition) is 2. The molecule has 0 saturated carbocycles. The number of fused-ring (bicyclic) bond motifs is 1. The van der Waals surface area contributed by atoms with E-state index in [1.54, 1.807) is 49.5 Å². The first-order chi connectivity index (χ1) is 14.9. The van der Waals surface area contributed by atoms with Gasteiger partial charge in [-0.15, -0.1) is 0 Å². The van der Waals surface area contributed by atoms with Gasteiger partial charge in [-0.25, -0.2) is 8.42 Å². The Kier molecular flexibility index (Phi) is 5.99. The predicted octanol–water partition coefficient (Wildman–Crippen LogP) is 2.09. The molecule has 11 heteroatoms. The van der Waals surface area contributed by atoms with Crippen LogP contribution in [0.1, 0.15) is 23.2 Å². The molecule has 2 N–H and O–H groups in total. The van der Waals surface area contributed by atoms with Crippen LogP contribution in [0.15, 0.2) is 47.4 Å². The minimum Gasteiger partial charge on any atom is -0.355 e. The first-order valence-electron chi connectivity index (χ1n) is 9.74. The predicted molar refractivity (Wildman–Crippen MR) is 117 cm³/mol. The van der Waals surface area contributed by atoms with Gasteiger partial charge < -0.3 is 10.6 Å². The fourth-order valence-corrected chi connectivity index (χ4v) is 5.80. The third kappa shape index (κ3) is 4.29. The van der Waals surface area contributed by atoms with Gasteiger partial charge in [0, 0.05) is 37.3 Å². The topological polar surface area (TPSA) is 121 Å². The minimum absolute atomic E-state index is 0.151. The fraction of sp³-hybridized carbons (Fsp3) is 0.300. The van der Waals surface area contributed by atoms with Crippen LogP contribution in [0.2, 0.25) is 0 Å². The van der Waals surface area contributed by atoms with Crippen LogP contribution in [0.5, 0.6) is 0 Å². The van der Waals surface area contributed by atoms with Crippen molar-refractivity contribution in [2.24, 2.45) is 5.92 Å². The number of hydrogen-bond acceptors (Lipinski definition) is 7. The molecule has 0 radical (unpaired) electrons. The Morgan fingerprint density at radius 2 is 1.77 bits per heavy atom. The Balaban J connectivity index is 1.39. The third-order valence-corrected chi connectivity index (χ3v) is 7.81. The van der Waals surface area contributed by atoms with Crippen LogP contribution in [-0.4, -0.2) is 53.4 Å². The first-order valence-corrected chi connectivity index (χ1v) is 11.9. The average Bonchev–Trinajstić information content (AvgIpc) is 3.28. The van der Waals surface area contributed by atoms with Gasteiger partial charge in [0.2, 0.25) is 15.9 Å². The summed E-state index contributed by atoms with van der Waals surface area (Å²) in [5.74, 6) is -0.645. The molecule has 0 atom stereocenters. The molecule has 31 heavy (non-hydrogen) atoms. The standard InChI is InChI=1S/C20H21N5O4S2/c1-21-19(26)13-5-7-15(8-6-13)22-20(27)14-9-11-25(12-10-14)31(28,29)17-4-2-3-16-18(17)24-30-23-16/h2-8,14H,9-12H2,1H3,(H,21,26)(H,22,27). The maximum Gasteiger partial charge on any atom is 0.251 e. The minimum atomic E-state index is -3.71. The van der Waals surface area contributed by atoms with E-state index in [0.717, 1.165) is 11.7 Å². The van der Waals surface area contributed by atoms with Crippen LogP contribution in [0.25, 0.3) is 11.0 Å². The number of piperidine rings is 1. The summed E-state index contributed by atoms with van der Waals surface area (Å²) in [6, 6.07) is 11.5. The Morgan fingerprint density at radius 1 is 1.06 bits per heavy atom. The molecule has 1 aromatic heterocycles.